The summed E-state index contributed by atoms with van der Waals surface area (Å²) >= 11 is 0. The SMILES string of the molecule is c1ccc(-c2nc(-c3cccc(-c4ccc5ccccc5c4)c3)cc(-c3cccc(-c4c5ccccc5cc5c4ccc4ccccc45)c3)n2)cc1. The molecule has 0 aliphatic rings. The van der Waals surface area contributed by atoms with Gasteiger partial charge in [0.05, 0.1) is 11.4 Å². The average Bonchev–Trinajstić information content (AvgIpc) is 3.23. The van der Waals surface area contributed by atoms with Gasteiger partial charge >= 0.3 is 0 Å². The highest BCUT2D eigenvalue weighted by molar-refractivity contribution is 6.20. The smallest absolute Gasteiger partial charge is 0.160 e. The molecule has 0 fully saturated rings. The van der Waals surface area contributed by atoms with Crippen LogP contribution in [0.1, 0.15) is 0 Å². The Morgan fingerprint density at radius 1 is 0.250 bits per heavy atom. The zero-order valence-electron chi connectivity index (χ0n) is 28.4. The molecule has 0 N–H and O–H groups in total. The molecule has 0 saturated heterocycles. The van der Waals surface area contributed by atoms with Gasteiger partial charge in [0.15, 0.2) is 5.82 Å². The summed E-state index contributed by atoms with van der Waals surface area (Å²) in [6, 6.07) is 69.4. The van der Waals surface area contributed by atoms with Gasteiger partial charge < -0.3 is 0 Å². The number of nitrogens with zero attached hydrogens (tertiary/aromatic N) is 2. The monoisotopic (exact) mass is 660 g/mol. The van der Waals surface area contributed by atoms with Crippen LogP contribution in [0.5, 0.6) is 0 Å². The summed E-state index contributed by atoms with van der Waals surface area (Å²) < 4.78 is 0. The van der Waals surface area contributed by atoms with Crippen molar-refractivity contribution in [3.8, 4) is 56.2 Å². The molecule has 0 amide bonds. The van der Waals surface area contributed by atoms with E-state index < -0.39 is 0 Å². The van der Waals surface area contributed by atoms with Gasteiger partial charge in [0, 0.05) is 16.7 Å². The molecule has 0 radical (unpaired) electrons. The van der Waals surface area contributed by atoms with Gasteiger partial charge in [0.25, 0.3) is 0 Å². The van der Waals surface area contributed by atoms with Crippen LogP contribution in [0.3, 0.4) is 0 Å². The molecular formula is C50H32N2. The maximum atomic E-state index is 5.20. The minimum Gasteiger partial charge on any atom is -0.228 e. The zero-order chi connectivity index (χ0) is 34.4. The van der Waals surface area contributed by atoms with E-state index in [0.717, 1.165) is 39.2 Å². The lowest BCUT2D eigenvalue weighted by atomic mass is 9.89. The fraction of sp³-hybridized carbons (Fsp3) is 0. The van der Waals surface area contributed by atoms with E-state index in [9.17, 15) is 0 Å². The van der Waals surface area contributed by atoms with Crippen LogP contribution in [0, 0.1) is 0 Å². The first kappa shape index (κ1) is 30.0. The molecule has 52 heavy (non-hydrogen) atoms. The molecule has 1 heterocycles. The average molecular weight is 661 g/mol. The van der Waals surface area contributed by atoms with E-state index in [1.807, 2.05) is 18.2 Å². The molecule has 2 heteroatoms. The first-order chi connectivity index (χ1) is 25.7. The van der Waals surface area contributed by atoms with Crippen LogP contribution in [-0.2, 0) is 0 Å². The predicted octanol–water partition coefficient (Wildman–Crippen LogP) is 13.4. The maximum absolute atomic E-state index is 5.20. The highest BCUT2D eigenvalue weighted by atomic mass is 14.9. The quantitative estimate of drug-likeness (QED) is 0.136. The number of fused-ring (bicyclic) bond motifs is 5. The third-order valence-electron chi connectivity index (χ3n) is 10.2. The van der Waals surface area contributed by atoms with E-state index in [-0.39, 0.29) is 0 Å². The second-order valence-electron chi connectivity index (χ2n) is 13.4. The Kier molecular flexibility index (Phi) is 7.18. The van der Waals surface area contributed by atoms with Gasteiger partial charge in [0.2, 0.25) is 0 Å². The fourth-order valence-corrected chi connectivity index (χ4v) is 7.65. The minimum atomic E-state index is 0.705. The Bertz CT molecular complexity index is 2960. The summed E-state index contributed by atoms with van der Waals surface area (Å²) in [6.07, 6.45) is 0. The van der Waals surface area contributed by atoms with Crippen LogP contribution in [0.2, 0.25) is 0 Å². The van der Waals surface area contributed by atoms with E-state index in [1.54, 1.807) is 0 Å². The van der Waals surface area contributed by atoms with Gasteiger partial charge in [-0.3, -0.25) is 0 Å². The molecule has 0 spiro atoms. The molecule has 1 aromatic heterocycles. The highest BCUT2D eigenvalue weighted by Crippen LogP contribution is 2.41. The summed E-state index contributed by atoms with van der Waals surface area (Å²) in [4.78, 5) is 10.4. The molecular weight excluding hydrogens is 629 g/mol. The molecule has 9 aromatic carbocycles. The van der Waals surface area contributed by atoms with Crippen molar-refractivity contribution in [2.75, 3.05) is 0 Å². The molecule has 10 aromatic rings. The lowest BCUT2D eigenvalue weighted by Gasteiger charge is -2.15. The third-order valence-corrected chi connectivity index (χ3v) is 10.2. The predicted molar refractivity (Wildman–Crippen MR) is 219 cm³/mol. The van der Waals surface area contributed by atoms with E-state index in [0.29, 0.717) is 5.82 Å². The fourth-order valence-electron chi connectivity index (χ4n) is 7.65. The first-order valence-corrected chi connectivity index (χ1v) is 17.7. The second-order valence-corrected chi connectivity index (χ2v) is 13.4. The standard InChI is InChI=1S/C50H32N2/c1-2-14-35(15-3-1)50-51-47(40-19-10-18-37(29-40)38-25-24-33-12-4-5-16-36(33)28-38)32-48(52-50)41-20-11-21-42(30-41)49-44-23-9-7-17-39(44)31-46-43-22-8-6-13-34(43)26-27-45(46)49/h1-32H. The van der Waals surface area contributed by atoms with Crippen molar-refractivity contribution in [1.29, 1.82) is 0 Å². The number of hydrogen-bond donors (Lipinski definition) is 0. The number of rotatable bonds is 5. The number of benzene rings is 9. The van der Waals surface area contributed by atoms with Crippen molar-refractivity contribution >= 4 is 43.1 Å². The second kappa shape index (κ2) is 12.5. The van der Waals surface area contributed by atoms with Gasteiger partial charge in [-0.25, -0.2) is 9.97 Å². The van der Waals surface area contributed by atoms with Crippen LogP contribution >= 0.6 is 0 Å². The van der Waals surface area contributed by atoms with E-state index in [1.165, 1.54) is 54.2 Å². The zero-order valence-corrected chi connectivity index (χ0v) is 28.4. The van der Waals surface area contributed by atoms with Crippen LogP contribution in [-0.4, -0.2) is 9.97 Å². The molecule has 2 nitrogen and oxygen atoms in total. The molecule has 0 atom stereocenters. The van der Waals surface area contributed by atoms with Gasteiger partial charge in [-0.05, 0) is 95.7 Å². The highest BCUT2D eigenvalue weighted by Gasteiger charge is 2.15. The van der Waals surface area contributed by atoms with E-state index in [4.69, 9.17) is 9.97 Å². The number of aromatic nitrogens is 2. The van der Waals surface area contributed by atoms with Crippen molar-refractivity contribution in [3.05, 3.63) is 194 Å². The molecule has 242 valence electrons. The van der Waals surface area contributed by atoms with Gasteiger partial charge in [0.1, 0.15) is 0 Å². The molecule has 10 rings (SSSR count). The normalized spacial score (nSPS) is 11.5. The topological polar surface area (TPSA) is 25.8 Å². The van der Waals surface area contributed by atoms with Crippen molar-refractivity contribution in [2.24, 2.45) is 0 Å². The number of hydrogen-bond acceptors (Lipinski definition) is 2. The molecule has 0 saturated carbocycles. The summed E-state index contributed by atoms with van der Waals surface area (Å²) in [5.74, 6) is 0.705. The summed E-state index contributed by atoms with van der Waals surface area (Å²) in [5.41, 5.74) is 9.59. The van der Waals surface area contributed by atoms with Gasteiger partial charge in [-0.2, -0.15) is 0 Å². The van der Waals surface area contributed by atoms with Crippen LogP contribution in [0.15, 0.2) is 194 Å². The Hall–Kier alpha value is -6.90. The Balaban J connectivity index is 1.15. The lowest BCUT2D eigenvalue weighted by molar-refractivity contribution is 1.18. The van der Waals surface area contributed by atoms with E-state index in [2.05, 4.69) is 176 Å². The molecule has 0 aliphatic carbocycles. The molecule has 0 aliphatic heterocycles. The van der Waals surface area contributed by atoms with Crippen LogP contribution in [0.25, 0.3) is 99.2 Å². The van der Waals surface area contributed by atoms with Gasteiger partial charge in [-0.15, -0.1) is 0 Å². The van der Waals surface area contributed by atoms with Crippen molar-refractivity contribution in [2.45, 2.75) is 0 Å². The summed E-state index contributed by atoms with van der Waals surface area (Å²) in [7, 11) is 0. The van der Waals surface area contributed by atoms with Crippen molar-refractivity contribution < 1.29 is 0 Å². The Morgan fingerprint density at radius 2 is 0.808 bits per heavy atom. The largest absolute Gasteiger partial charge is 0.228 e. The van der Waals surface area contributed by atoms with Crippen LogP contribution in [0.4, 0.5) is 0 Å². The Morgan fingerprint density at radius 3 is 1.60 bits per heavy atom. The maximum Gasteiger partial charge on any atom is 0.160 e. The molecule has 0 bridgehead atoms. The third kappa shape index (κ3) is 5.30. The van der Waals surface area contributed by atoms with Crippen molar-refractivity contribution in [3.63, 3.8) is 0 Å². The van der Waals surface area contributed by atoms with Crippen LogP contribution < -0.4 is 0 Å². The summed E-state index contributed by atoms with van der Waals surface area (Å²) in [6.45, 7) is 0. The Labute approximate surface area is 302 Å². The van der Waals surface area contributed by atoms with E-state index >= 15 is 0 Å². The minimum absolute atomic E-state index is 0.705. The lowest BCUT2D eigenvalue weighted by Crippen LogP contribution is -1.96. The first-order valence-electron chi connectivity index (χ1n) is 17.7. The van der Waals surface area contributed by atoms with Gasteiger partial charge in [-0.1, -0.05) is 164 Å². The summed E-state index contributed by atoms with van der Waals surface area (Å²) in [5, 5.41) is 9.96. The van der Waals surface area contributed by atoms with Crippen molar-refractivity contribution in [1.82, 2.24) is 9.97 Å². The molecule has 0 unspecified atom stereocenters.